The van der Waals surface area contributed by atoms with Gasteiger partial charge in [0.15, 0.2) is 0 Å². The largest absolute Gasteiger partial charge is 0.389 e. The normalized spacial score (nSPS) is 11.8. The first-order chi connectivity index (χ1) is 12.6. The van der Waals surface area contributed by atoms with Crippen LogP contribution in [-0.2, 0) is 0 Å². The van der Waals surface area contributed by atoms with E-state index in [-0.39, 0.29) is 0 Å². The highest BCUT2D eigenvalue weighted by Gasteiger charge is 2.14. The van der Waals surface area contributed by atoms with Gasteiger partial charge in [-0.05, 0) is 43.3 Å². The summed E-state index contributed by atoms with van der Waals surface area (Å²) in [6.45, 7) is 3.10. The highest BCUT2D eigenvalue weighted by atomic mass is 16.3. The van der Waals surface area contributed by atoms with Crippen LogP contribution in [0.2, 0.25) is 0 Å². The van der Waals surface area contributed by atoms with E-state index in [0.29, 0.717) is 13.1 Å². The molecule has 0 aliphatic rings. The number of aryl methyl sites for hydroxylation is 1. The Kier molecular flexibility index (Phi) is 5.98. The molecule has 0 fully saturated rings. The molecule has 0 radical (unpaired) electrons. The lowest BCUT2D eigenvalue weighted by molar-refractivity contribution is 0.195. The van der Waals surface area contributed by atoms with Crippen LogP contribution >= 0.6 is 0 Å². The van der Waals surface area contributed by atoms with E-state index in [0.717, 1.165) is 17.1 Å². The minimum Gasteiger partial charge on any atom is -0.389 e. The van der Waals surface area contributed by atoms with Gasteiger partial charge >= 0.3 is 0 Å². The van der Waals surface area contributed by atoms with E-state index in [1.54, 1.807) is 0 Å². The van der Waals surface area contributed by atoms with Crippen molar-refractivity contribution < 1.29 is 5.11 Å². The molecule has 0 saturated carbocycles. The standard InChI is InChI=1S/C22H25BN2O/c1-17-7-11-20(12-8-17)25(21-13-9-18(23)10-14-21)16-22(26)15-24-19-5-3-2-4-6-19/h2-14,22,24,26H,15-16,23H2,1H3. The fraction of sp³-hybridized carbons (Fsp3) is 0.182. The summed E-state index contributed by atoms with van der Waals surface area (Å²) < 4.78 is 0. The quantitative estimate of drug-likeness (QED) is 0.647. The molecule has 132 valence electrons. The average Bonchev–Trinajstić information content (AvgIpc) is 2.67. The maximum Gasteiger partial charge on any atom is 0.139 e. The molecule has 1 unspecified atom stereocenters. The fourth-order valence-electron chi connectivity index (χ4n) is 2.88. The molecule has 3 aromatic rings. The SMILES string of the molecule is Bc1ccc(N(CC(O)CNc2ccccc2)c2ccc(C)cc2)cc1. The number of benzene rings is 3. The van der Waals surface area contributed by atoms with Crippen molar-refractivity contribution in [2.45, 2.75) is 13.0 Å². The summed E-state index contributed by atoms with van der Waals surface area (Å²) in [6, 6.07) is 26.8. The molecular weight excluding hydrogens is 319 g/mol. The number of hydrogen-bond donors (Lipinski definition) is 2. The van der Waals surface area contributed by atoms with Crippen molar-refractivity contribution in [3.05, 3.63) is 84.4 Å². The van der Waals surface area contributed by atoms with Crippen LogP contribution in [0, 0.1) is 6.92 Å². The van der Waals surface area contributed by atoms with Gasteiger partial charge in [-0.2, -0.15) is 0 Å². The molecule has 4 heteroatoms. The van der Waals surface area contributed by atoms with Crippen molar-refractivity contribution in [1.29, 1.82) is 0 Å². The first-order valence-corrected chi connectivity index (χ1v) is 9.00. The lowest BCUT2D eigenvalue weighted by Gasteiger charge is -2.28. The van der Waals surface area contributed by atoms with Crippen LogP contribution in [0.1, 0.15) is 5.56 Å². The van der Waals surface area contributed by atoms with E-state index in [2.05, 4.69) is 73.5 Å². The second-order valence-electron chi connectivity index (χ2n) is 6.68. The second kappa shape index (κ2) is 8.59. The highest BCUT2D eigenvalue weighted by molar-refractivity contribution is 6.32. The zero-order valence-corrected chi connectivity index (χ0v) is 15.4. The van der Waals surface area contributed by atoms with Gasteiger partial charge < -0.3 is 15.3 Å². The fourth-order valence-corrected chi connectivity index (χ4v) is 2.88. The van der Waals surface area contributed by atoms with Gasteiger partial charge in [0.25, 0.3) is 0 Å². The van der Waals surface area contributed by atoms with Crippen LogP contribution in [0.25, 0.3) is 0 Å². The maximum atomic E-state index is 10.6. The summed E-state index contributed by atoms with van der Waals surface area (Å²) in [5.74, 6) is 0. The zero-order valence-electron chi connectivity index (χ0n) is 15.4. The summed E-state index contributed by atoms with van der Waals surface area (Å²) in [5.41, 5.74) is 5.63. The molecule has 0 bridgehead atoms. The minimum atomic E-state index is -0.502. The molecular formula is C22H25BN2O. The summed E-state index contributed by atoms with van der Waals surface area (Å²) in [6.07, 6.45) is -0.502. The molecule has 0 heterocycles. The van der Waals surface area contributed by atoms with Crippen LogP contribution in [-0.4, -0.2) is 32.1 Å². The summed E-state index contributed by atoms with van der Waals surface area (Å²) in [5, 5.41) is 13.9. The Hall–Kier alpha value is -2.72. The molecule has 0 aliphatic heterocycles. The molecule has 0 amide bonds. The monoisotopic (exact) mass is 344 g/mol. The molecule has 2 N–H and O–H groups in total. The minimum absolute atomic E-state index is 0.498. The Morgan fingerprint density at radius 1 is 0.885 bits per heavy atom. The predicted molar refractivity (Wildman–Crippen MR) is 114 cm³/mol. The summed E-state index contributed by atoms with van der Waals surface area (Å²) >= 11 is 0. The van der Waals surface area contributed by atoms with Gasteiger partial charge in [0, 0.05) is 23.6 Å². The number of aliphatic hydroxyl groups is 1. The lowest BCUT2D eigenvalue weighted by Crippen LogP contribution is -2.33. The Morgan fingerprint density at radius 2 is 1.46 bits per heavy atom. The number of anilines is 3. The summed E-state index contributed by atoms with van der Waals surface area (Å²) in [4.78, 5) is 2.16. The number of hydrogen-bond acceptors (Lipinski definition) is 3. The van der Waals surface area contributed by atoms with E-state index in [9.17, 15) is 5.11 Å². The van der Waals surface area contributed by atoms with E-state index in [1.165, 1.54) is 11.0 Å². The Bertz CT molecular complexity index is 758. The van der Waals surface area contributed by atoms with Gasteiger partial charge in [-0.3, -0.25) is 0 Å². The Balaban J connectivity index is 1.74. The number of para-hydroxylation sites is 1. The molecule has 26 heavy (non-hydrogen) atoms. The smallest absolute Gasteiger partial charge is 0.139 e. The van der Waals surface area contributed by atoms with E-state index >= 15 is 0 Å². The zero-order chi connectivity index (χ0) is 18.4. The third-order valence-electron chi connectivity index (χ3n) is 4.40. The molecule has 0 spiro atoms. The second-order valence-corrected chi connectivity index (χ2v) is 6.68. The van der Waals surface area contributed by atoms with Gasteiger partial charge in [0.05, 0.1) is 12.6 Å². The molecule has 1 atom stereocenters. The molecule has 0 aliphatic carbocycles. The van der Waals surface area contributed by atoms with E-state index < -0.39 is 6.10 Å². The van der Waals surface area contributed by atoms with Gasteiger partial charge in [-0.25, -0.2) is 0 Å². The van der Waals surface area contributed by atoms with E-state index in [1.807, 2.05) is 30.3 Å². The average molecular weight is 344 g/mol. The lowest BCUT2D eigenvalue weighted by atomic mass is 9.96. The van der Waals surface area contributed by atoms with Crippen LogP contribution in [0.15, 0.2) is 78.9 Å². The van der Waals surface area contributed by atoms with Crippen LogP contribution in [0.5, 0.6) is 0 Å². The first-order valence-electron chi connectivity index (χ1n) is 9.00. The van der Waals surface area contributed by atoms with Crippen molar-refractivity contribution >= 4 is 30.4 Å². The molecule has 3 aromatic carbocycles. The van der Waals surface area contributed by atoms with Crippen molar-refractivity contribution in [3.8, 4) is 0 Å². The van der Waals surface area contributed by atoms with Crippen LogP contribution in [0.3, 0.4) is 0 Å². The third-order valence-corrected chi connectivity index (χ3v) is 4.40. The van der Waals surface area contributed by atoms with Crippen molar-refractivity contribution in [2.75, 3.05) is 23.3 Å². The highest BCUT2D eigenvalue weighted by Crippen LogP contribution is 2.25. The van der Waals surface area contributed by atoms with Gasteiger partial charge in [-0.1, -0.05) is 53.5 Å². The topological polar surface area (TPSA) is 35.5 Å². The number of nitrogens with one attached hydrogen (secondary N) is 1. The Labute approximate surface area is 156 Å². The number of rotatable bonds is 7. The van der Waals surface area contributed by atoms with Gasteiger partial charge in [0.2, 0.25) is 0 Å². The third kappa shape index (κ3) is 4.90. The number of aliphatic hydroxyl groups excluding tert-OH is 1. The van der Waals surface area contributed by atoms with Crippen molar-refractivity contribution in [1.82, 2.24) is 0 Å². The van der Waals surface area contributed by atoms with Gasteiger partial charge in [-0.15, -0.1) is 0 Å². The van der Waals surface area contributed by atoms with Gasteiger partial charge in [0.1, 0.15) is 7.85 Å². The predicted octanol–water partition coefficient (Wildman–Crippen LogP) is 2.86. The summed E-state index contributed by atoms with van der Waals surface area (Å²) in [7, 11) is 2.08. The Morgan fingerprint density at radius 3 is 2.08 bits per heavy atom. The molecule has 3 nitrogen and oxygen atoms in total. The number of nitrogens with zero attached hydrogens (tertiary/aromatic N) is 1. The van der Waals surface area contributed by atoms with E-state index in [4.69, 9.17) is 0 Å². The van der Waals surface area contributed by atoms with Crippen molar-refractivity contribution in [2.24, 2.45) is 0 Å². The van der Waals surface area contributed by atoms with Crippen LogP contribution < -0.4 is 15.7 Å². The molecule has 0 saturated heterocycles. The molecule has 0 aromatic heterocycles. The molecule has 3 rings (SSSR count). The van der Waals surface area contributed by atoms with Crippen molar-refractivity contribution in [3.63, 3.8) is 0 Å². The maximum absolute atomic E-state index is 10.6. The first kappa shape index (κ1) is 18.1. The van der Waals surface area contributed by atoms with Crippen LogP contribution in [0.4, 0.5) is 17.1 Å².